The fraction of sp³-hybridized carbons (Fsp3) is 0.381. The molecule has 1 saturated heterocycles. The van der Waals surface area contributed by atoms with E-state index in [2.05, 4.69) is 4.72 Å². The molecule has 160 valence electrons. The third kappa shape index (κ3) is 4.51. The van der Waals surface area contributed by atoms with Crippen molar-refractivity contribution in [3.05, 3.63) is 48.3 Å². The number of likely N-dealkylation sites (tertiary alicyclic amines) is 1. The number of carbonyl (C=O) groups excluding carboxylic acids is 1. The lowest BCUT2D eigenvalue weighted by Gasteiger charge is -2.30. The predicted molar refractivity (Wildman–Crippen MR) is 109 cm³/mol. The molecule has 0 aliphatic carbocycles. The van der Waals surface area contributed by atoms with Crippen molar-refractivity contribution in [3.8, 4) is 11.5 Å². The highest BCUT2D eigenvalue weighted by atomic mass is 32.2. The third-order valence-electron chi connectivity index (χ3n) is 5.15. The first-order valence-electron chi connectivity index (χ1n) is 9.93. The van der Waals surface area contributed by atoms with Crippen LogP contribution < -0.4 is 14.2 Å². The maximum absolute atomic E-state index is 13.3. The maximum atomic E-state index is 13.3. The summed E-state index contributed by atoms with van der Waals surface area (Å²) in [5.41, 5.74) is 0.119. The quantitative estimate of drug-likeness (QED) is 0.799. The zero-order chi connectivity index (χ0) is 21.1. The Morgan fingerprint density at radius 2 is 1.80 bits per heavy atom. The van der Waals surface area contributed by atoms with Crippen LogP contribution in [0.15, 0.2) is 47.4 Å². The Kier molecular flexibility index (Phi) is 5.80. The smallest absolute Gasteiger partial charge is 0.267 e. The highest BCUT2D eigenvalue weighted by molar-refractivity contribution is 7.92. The van der Waals surface area contributed by atoms with Crippen LogP contribution in [0, 0.1) is 5.82 Å². The van der Waals surface area contributed by atoms with Crippen LogP contribution in [0.4, 0.5) is 10.1 Å². The van der Waals surface area contributed by atoms with Crippen molar-refractivity contribution in [2.75, 3.05) is 24.4 Å². The van der Waals surface area contributed by atoms with Crippen LogP contribution in [0.3, 0.4) is 0 Å². The van der Waals surface area contributed by atoms with E-state index < -0.39 is 21.9 Å². The van der Waals surface area contributed by atoms with E-state index in [1.165, 1.54) is 36.4 Å². The van der Waals surface area contributed by atoms with E-state index in [-0.39, 0.29) is 28.8 Å². The number of carbonyl (C=O) groups is 1. The molecule has 1 atom stereocenters. The summed E-state index contributed by atoms with van der Waals surface area (Å²) in [6.45, 7) is 1.45. The molecule has 1 amide bonds. The van der Waals surface area contributed by atoms with E-state index in [4.69, 9.17) is 9.47 Å². The van der Waals surface area contributed by atoms with Gasteiger partial charge in [0.1, 0.15) is 12.4 Å². The van der Waals surface area contributed by atoms with E-state index in [9.17, 15) is 17.6 Å². The van der Waals surface area contributed by atoms with Gasteiger partial charge >= 0.3 is 0 Å². The van der Waals surface area contributed by atoms with Gasteiger partial charge in [0.25, 0.3) is 15.9 Å². The molecule has 1 N–H and O–H groups in total. The van der Waals surface area contributed by atoms with Gasteiger partial charge in [-0.05, 0) is 43.2 Å². The predicted octanol–water partition coefficient (Wildman–Crippen LogP) is 3.17. The summed E-state index contributed by atoms with van der Waals surface area (Å²) in [7, 11) is -3.94. The largest absolute Gasteiger partial charge is 0.485 e. The minimum atomic E-state index is -3.94. The van der Waals surface area contributed by atoms with Crippen LogP contribution in [0.25, 0.3) is 0 Å². The molecule has 0 spiro atoms. The summed E-state index contributed by atoms with van der Waals surface area (Å²) < 4.78 is 52.4. The first-order chi connectivity index (χ1) is 14.4. The normalized spacial score (nSPS) is 19.1. The molecular formula is C21H23FN2O5S. The number of hydrogen-bond acceptors (Lipinski definition) is 5. The zero-order valence-corrected chi connectivity index (χ0v) is 17.2. The number of nitrogens with zero attached hydrogens (tertiary/aromatic N) is 1. The van der Waals surface area contributed by atoms with Crippen molar-refractivity contribution >= 4 is 21.6 Å². The fourth-order valence-corrected chi connectivity index (χ4v) is 4.67. The van der Waals surface area contributed by atoms with Crippen molar-refractivity contribution in [2.45, 2.75) is 36.7 Å². The van der Waals surface area contributed by atoms with Crippen molar-refractivity contribution in [2.24, 2.45) is 0 Å². The molecule has 1 fully saturated rings. The standard InChI is InChI=1S/C21H23FN2O5S/c22-15-6-5-7-16(12-15)23-30(26,27)17-8-9-18-19(13-17)28-14-20(29-18)21(25)24-10-3-1-2-4-11-24/h5-9,12-13,20,23H,1-4,10-11,14H2. The lowest BCUT2D eigenvalue weighted by atomic mass is 10.2. The van der Waals surface area contributed by atoms with Gasteiger partial charge in [0.05, 0.1) is 10.6 Å². The highest BCUT2D eigenvalue weighted by Crippen LogP contribution is 2.35. The van der Waals surface area contributed by atoms with Crippen LogP contribution in [0.2, 0.25) is 0 Å². The molecule has 30 heavy (non-hydrogen) atoms. The Labute approximate surface area is 174 Å². The van der Waals surface area contributed by atoms with Crippen LogP contribution in [0.1, 0.15) is 25.7 Å². The first-order valence-corrected chi connectivity index (χ1v) is 11.4. The van der Waals surface area contributed by atoms with Gasteiger partial charge in [-0.2, -0.15) is 0 Å². The summed E-state index contributed by atoms with van der Waals surface area (Å²) in [5.74, 6) is -0.0827. The molecule has 2 aliphatic heterocycles. The Morgan fingerprint density at radius 1 is 1.03 bits per heavy atom. The Morgan fingerprint density at radius 3 is 2.53 bits per heavy atom. The Bertz CT molecular complexity index is 1040. The molecule has 0 aromatic heterocycles. The average molecular weight is 434 g/mol. The molecule has 7 nitrogen and oxygen atoms in total. The van der Waals surface area contributed by atoms with Gasteiger partial charge in [0.15, 0.2) is 11.5 Å². The van der Waals surface area contributed by atoms with E-state index in [0.717, 1.165) is 31.7 Å². The third-order valence-corrected chi connectivity index (χ3v) is 6.53. The van der Waals surface area contributed by atoms with Crippen LogP contribution >= 0.6 is 0 Å². The minimum absolute atomic E-state index is 0.0170. The number of rotatable bonds is 4. The summed E-state index contributed by atoms with van der Waals surface area (Å²) in [6.07, 6.45) is 3.46. The molecule has 2 aliphatic rings. The number of hydrogen-bond donors (Lipinski definition) is 1. The van der Waals surface area contributed by atoms with E-state index in [1.807, 2.05) is 4.90 Å². The van der Waals surface area contributed by atoms with Crippen molar-refractivity contribution in [1.82, 2.24) is 4.90 Å². The van der Waals surface area contributed by atoms with Crippen molar-refractivity contribution < 1.29 is 27.1 Å². The van der Waals surface area contributed by atoms with Gasteiger partial charge in [-0.1, -0.05) is 18.9 Å². The van der Waals surface area contributed by atoms with Gasteiger partial charge < -0.3 is 14.4 Å². The second kappa shape index (κ2) is 8.51. The molecule has 0 radical (unpaired) electrons. The molecule has 1 unspecified atom stereocenters. The molecule has 0 saturated carbocycles. The van der Waals surface area contributed by atoms with Crippen LogP contribution in [-0.4, -0.2) is 45.0 Å². The lowest BCUT2D eigenvalue weighted by molar-refractivity contribution is -0.141. The molecule has 2 aromatic rings. The van der Waals surface area contributed by atoms with E-state index >= 15 is 0 Å². The molecule has 4 rings (SSSR count). The van der Waals surface area contributed by atoms with Crippen LogP contribution in [0.5, 0.6) is 11.5 Å². The van der Waals surface area contributed by atoms with Gasteiger partial charge in [-0.3, -0.25) is 9.52 Å². The first kappa shape index (κ1) is 20.5. The minimum Gasteiger partial charge on any atom is -0.485 e. The van der Waals surface area contributed by atoms with E-state index in [1.54, 1.807) is 0 Å². The number of sulfonamides is 1. The summed E-state index contributed by atoms with van der Waals surface area (Å²) in [6, 6.07) is 9.36. The monoisotopic (exact) mass is 434 g/mol. The van der Waals surface area contributed by atoms with E-state index in [0.29, 0.717) is 18.8 Å². The van der Waals surface area contributed by atoms with Gasteiger partial charge in [-0.15, -0.1) is 0 Å². The molecule has 9 heteroatoms. The zero-order valence-electron chi connectivity index (χ0n) is 16.3. The second-order valence-corrected chi connectivity index (χ2v) is 9.06. The topological polar surface area (TPSA) is 84.9 Å². The van der Waals surface area contributed by atoms with Crippen LogP contribution in [-0.2, 0) is 14.8 Å². The molecule has 2 aromatic carbocycles. The molecular weight excluding hydrogens is 411 g/mol. The number of amides is 1. The van der Waals surface area contributed by atoms with Gasteiger partial charge in [-0.25, -0.2) is 12.8 Å². The van der Waals surface area contributed by atoms with Gasteiger partial charge in [0, 0.05) is 19.2 Å². The number of fused-ring (bicyclic) bond motifs is 1. The lowest BCUT2D eigenvalue weighted by Crippen LogP contribution is -2.46. The summed E-state index contributed by atoms with van der Waals surface area (Å²) in [4.78, 5) is 14.5. The number of halogens is 1. The molecule has 2 heterocycles. The van der Waals surface area contributed by atoms with Crippen molar-refractivity contribution in [3.63, 3.8) is 0 Å². The maximum Gasteiger partial charge on any atom is 0.267 e. The average Bonchev–Trinajstić information content (AvgIpc) is 3.01. The fourth-order valence-electron chi connectivity index (χ4n) is 3.60. The number of ether oxygens (including phenoxy) is 2. The summed E-state index contributed by atoms with van der Waals surface area (Å²) >= 11 is 0. The Balaban J connectivity index is 1.48. The van der Waals surface area contributed by atoms with Gasteiger partial charge in [0.2, 0.25) is 6.10 Å². The second-order valence-electron chi connectivity index (χ2n) is 7.38. The molecule has 0 bridgehead atoms. The Hall–Kier alpha value is -2.81. The number of nitrogens with one attached hydrogen (secondary N) is 1. The number of anilines is 1. The highest BCUT2D eigenvalue weighted by Gasteiger charge is 2.32. The SMILES string of the molecule is O=C(C1COc2cc(S(=O)(=O)Nc3cccc(F)c3)ccc2O1)N1CCCCCC1. The van der Waals surface area contributed by atoms with Crippen molar-refractivity contribution in [1.29, 1.82) is 0 Å². The number of benzene rings is 2. The summed E-state index contributed by atoms with van der Waals surface area (Å²) in [5, 5.41) is 0.